The standard InChI is InChI=1S/C18H11O.Rf/c1-2-7-13(8-3-1)14-10-6-11-16-15-9-4-5-12-17(15)19-18(14)16;/h2-12H;/q-1;. The Labute approximate surface area is 111 Å². The fourth-order valence-corrected chi connectivity index (χ4v) is 2.54. The summed E-state index contributed by atoms with van der Waals surface area (Å²) in [7, 11) is 0. The number of benzene rings is 3. The smallest absolute Gasteiger partial charge is 0.141 e. The first kappa shape index (κ1) is 11.5. The molecule has 92 valence electrons. The summed E-state index contributed by atoms with van der Waals surface area (Å²) in [6.45, 7) is 0. The van der Waals surface area contributed by atoms with Crippen LogP contribution < -0.4 is 0 Å². The van der Waals surface area contributed by atoms with Crippen LogP contribution in [0.25, 0.3) is 33.1 Å². The van der Waals surface area contributed by atoms with Crippen LogP contribution in [-0.4, -0.2) is 0 Å². The summed E-state index contributed by atoms with van der Waals surface area (Å²) in [5.74, 6) is 0. The van der Waals surface area contributed by atoms with E-state index >= 15 is 0 Å². The van der Waals surface area contributed by atoms with Crippen LogP contribution in [0.4, 0.5) is 0 Å². The second kappa shape index (κ2) is 4.29. The van der Waals surface area contributed by atoms with Gasteiger partial charge in [-0.2, -0.15) is 30.3 Å². The molecule has 1 nitrogen and oxygen atoms in total. The van der Waals surface area contributed by atoms with E-state index in [0.717, 1.165) is 22.3 Å². The molecule has 4 aromatic rings. The molecule has 1 aromatic heterocycles. The van der Waals surface area contributed by atoms with Gasteiger partial charge >= 0.3 is 0 Å². The zero-order valence-electron chi connectivity index (χ0n) is 11.0. The number of fused-ring (bicyclic) bond motifs is 3. The van der Waals surface area contributed by atoms with E-state index in [0.29, 0.717) is 0 Å². The first-order valence-corrected chi connectivity index (χ1v) is 6.30. The molecular weight excluding hydrogens is 499 g/mol. The Kier molecular flexibility index (Phi) is 2.47. The molecule has 0 unspecified atom stereocenters. The van der Waals surface area contributed by atoms with Crippen molar-refractivity contribution in [2.24, 2.45) is 0 Å². The monoisotopic (exact) mass is 510 g/mol. The third-order valence-corrected chi connectivity index (χ3v) is 3.43. The molecule has 0 radical (unpaired) electrons. The van der Waals surface area contributed by atoms with Gasteiger partial charge in [-0.3, -0.25) is 0 Å². The van der Waals surface area contributed by atoms with Crippen molar-refractivity contribution in [2.45, 2.75) is 0 Å². The molecule has 0 spiro atoms. The molecule has 0 saturated carbocycles. The average molecular weight is 510 g/mol. The number of furan rings is 1. The van der Waals surface area contributed by atoms with Gasteiger partial charge in [0.25, 0.3) is 0 Å². The van der Waals surface area contributed by atoms with Gasteiger partial charge in [0.2, 0.25) is 0 Å². The average Bonchev–Trinajstić information content (AvgIpc) is 2.87. The van der Waals surface area contributed by atoms with Crippen LogP contribution in [0.2, 0.25) is 0 Å². The Bertz CT molecular complexity index is 862. The van der Waals surface area contributed by atoms with Gasteiger partial charge in [0.15, 0.2) is 0 Å². The van der Waals surface area contributed by atoms with Crippen molar-refractivity contribution in [3.8, 4) is 11.1 Å². The van der Waals surface area contributed by atoms with Crippen LogP contribution in [0.3, 0.4) is 0 Å². The summed E-state index contributed by atoms with van der Waals surface area (Å²) in [5, 5.41) is 2.34. The van der Waals surface area contributed by atoms with Crippen molar-refractivity contribution >= 4 is 21.9 Å². The predicted octanol–water partition coefficient (Wildman–Crippen LogP) is 5.05. The van der Waals surface area contributed by atoms with E-state index in [-0.39, 0.29) is 0 Å². The van der Waals surface area contributed by atoms with Crippen LogP contribution in [0.15, 0.2) is 71.1 Å². The molecule has 20 heavy (non-hydrogen) atoms. The van der Waals surface area contributed by atoms with Crippen LogP contribution >= 0.6 is 0 Å². The Morgan fingerprint density at radius 2 is 1.50 bits per heavy atom. The maximum atomic E-state index is 6.03. The molecule has 2 heteroatoms. The Hall–Kier alpha value is -3.54. The van der Waals surface area contributed by atoms with Crippen LogP contribution in [0.5, 0.6) is 0 Å². The van der Waals surface area contributed by atoms with Crippen molar-refractivity contribution in [3.05, 3.63) is 72.8 Å². The molecule has 0 aliphatic heterocycles. The summed E-state index contributed by atoms with van der Waals surface area (Å²) in [4.78, 5) is 0. The zero-order chi connectivity index (χ0) is 12.7. The van der Waals surface area contributed by atoms with Gasteiger partial charge in [-0.05, 0) is 6.07 Å². The van der Waals surface area contributed by atoms with Crippen molar-refractivity contribution in [3.63, 3.8) is 0 Å². The van der Waals surface area contributed by atoms with Gasteiger partial charge in [-0.15, -0.1) is 5.56 Å². The molecule has 4 rings (SSSR count). The Balaban J connectivity index is 0.00000121. The molecule has 1 heterocycles. The molecule has 0 N–H and O–H groups in total. The van der Waals surface area contributed by atoms with Gasteiger partial charge in [0.1, 0.15) is 11.2 Å². The van der Waals surface area contributed by atoms with Crippen molar-refractivity contribution < 1.29 is 4.42 Å². The summed E-state index contributed by atoms with van der Waals surface area (Å²) in [5.41, 5.74) is 4.17. The minimum Gasteiger partial charge on any atom is -0.455 e. The summed E-state index contributed by atoms with van der Waals surface area (Å²) in [6, 6.07) is 25.5. The topological polar surface area (TPSA) is 13.1 Å². The normalized spacial score (nSPS) is 10.6. The van der Waals surface area contributed by atoms with E-state index in [9.17, 15) is 0 Å². The van der Waals surface area contributed by atoms with Crippen molar-refractivity contribution in [1.82, 2.24) is 0 Å². The SMILES string of the molecule is [Rf].[c-]1ccc(-c2cccc3c2oc2ccccc23)cc1. The molecule has 0 aliphatic rings. The minimum atomic E-state index is 0. The molecule has 0 fully saturated rings. The number of hydrogen-bond acceptors (Lipinski definition) is 1. The number of rotatable bonds is 1. The van der Waals surface area contributed by atoms with Crippen LogP contribution in [0.1, 0.15) is 0 Å². The molecule has 0 atom stereocenters. The summed E-state index contributed by atoms with van der Waals surface area (Å²) >= 11 is 0. The quantitative estimate of drug-likeness (QED) is 0.327. The maximum absolute atomic E-state index is 6.03. The zero-order valence-corrected chi connectivity index (χ0v) is 17.4. The predicted molar refractivity (Wildman–Crippen MR) is 78.0 cm³/mol. The van der Waals surface area contributed by atoms with Gasteiger partial charge in [0.05, 0.1) is 0 Å². The molecule has 0 saturated heterocycles. The largest absolute Gasteiger partial charge is 0.455 e. The number of hydrogen-bond donors (Lipinski definition) is 0. The first-order chi connectivity index (χ1) is 9.43. The van der Waals surface area contributed by atoms with E-state index in [2.05, 4.69) is 42.5 Å². The van der Waals surface area contributed by atoms with E-state index in [1.54, 1.807) is 0 Å². The van der Waals surface area contributed by atoms with Crippen molar-refractivity contribution in [2.75, 3.05) is 0 Å². The third-order valence-electron chi connectivity index (χ3n) is 3.43. The fraction of sp³-hybridized carbons (Fsp3) is 0. The minimum absolute atomic E-state index is 0. The van der Waals surface area contributed by atoms with E-state index in [4.69, 9.17) is 4.42 Å². The second-order valence-electron chi connectivity index (χ2n) is 4.57. The van der Waals surface area contributed by atoms with Crippen molar-refractivity contribution in [1.29, 1.82) is 0 Å². The fourth-order valence-electron chi connectivity index (χ4n) is 2.54. The molecule has 0 bridgehead atoms. The molecule has 0 amide bonds. The van der Waals surface area contributed by atoms with E-state index < -0.39 is 0 Å². The first-order valence-electron chi connectivity index (χ1n) is 6.30. The Morgan fingerprint density at radius 3 is 2.35 bits per heavy atom. The van der Waals surface area contributed by atoms with E-state index in [1.165, 1.54) is 10.8 Å². The molecule has 3 aromatic carbocycles. The van der Waals surface area contributed by atoms with Gasteiger partial charge in [0, 0.05) is 16.3 Å². The summed E-state index contributed by atoms with van der Waals surface area (Å²) < 4.78 is 6.03. The van der Waals surface area contributed by atoms with Crippen LogP contribution in [-0.2, 0) is 0 Å². The Morgan fingerprint density at radius 1 is 0.750 bits per heavy atom. The van der Waals surface area contributed by atoms with E-state index in [1.807, 2.05) is 30.3 Å². The molecule has 0 aliphatic carbocycles. The van der Waals surface area contributed by atoms with Gasteiger partial charge < -0.3 is 4.42 Å². The third kappa shape index (κ3) is 1.52. The van der Waals surface area contributed by atoms with Gasteiger partial charge in [-0.25, -0.2) is 0 Å². The summed E-state index contributed by atoms with van der Waals surface area (Å²) in [6.07, 6.45) is 0. The van der Waals surface area contributed by atoms with Crippen LogP contribution in [0, 0.1) is 6.07 Å². The molecular formula is C18H11ORf-. The second-order valence-corrected chi connectivity index (χ2v) is 4.57. The maximum Gasteiger partial charge on any atom is 0.141 e. The number of para-hydroxylation sites is 2. The van der Waals surface area contributed by atoms with Gasteiger partial charge in [-0.1, -0.05) is 36.4 Å².